The van der Waals surface area contributed by atoms with E-state index in [1.165, 1.54) is 25.9 Å². The van der Waals surface area contributed by atoms with Gasteiger partial charge >= 0.3 is 0 Å². The molecule has 1 saturated heterocycles. The Morgan fingerprint density at radius 3 is 2.73 bits per heavy atom. The SMILES string of the molecule is c1cc(-c2ccoc2)c2cc(-c3n[nH]c4ccc(-c5cncc(OCCN6CCCC6)c5)cc34)[nH]c2c1. The molecule has 1 aliphatic rings. The lowest BCUT2D eigenvalue weighted by molar-refractivity contribution is 0.237. The van der Waals surface area contributed by atoms with Gasteiger partial charge < -0.3 is 14.1 Å². The molecule has 4 aromatic heterocycles. The van der Waals surface area contributed by atoms with Crippen molar-refractivity contribution < 1.29 is 9.15 Å². The number of nitrogens with zero attached hydrogens (tertiary/aromatic N) is 3. The number of aromatic amines is 2. The van der Waals surface area contributed by atoms with Crippen LogP contribution in [0, 0.1) is 0 Å². The number of rotatable bonds is 7. The Morgan fingerprint density at radius 2 is 1.84 bits per heavy atom. The average molecular weight is 490 g/mol. The maximum atomic E-state index is 6.04. The van der Waals surface area contributed by atoms with E-state index in [2.05, 4.69) is 73.6 Å². The predicted molar refractivity (Wildman–Crippen MR) is 145 cm³/mol. The first-order valence-corrected chi connectivity index (χ1v) is 12.8. The van der Waals surface area contributed by atoms with E-state index < -0.39 is 0 Å². The van der Waals surface area contributed by atoms with Crippen molar-refractivity contribution in [2.45, 2.75) is 12.8 Å². The molecule has 7 heteroatoms. The summed E-state index contributed by atoms with van der Waals surface area (Å²) in [6.45, 7) is 3.99. The number of furan rings is 1. The van der Waals surface area contributed by atoms with Crippen LogP contribution in [0.4, 0.5) is 0 Å². The maximum absolute atomic E-state index is 6.04. The van der Waals surface area contributed by atoms with E-state index >= 15 is 0 Å². The minimum absolute atomic E-state index is 0.678. The first-order chi connectivity index (χ1) is 18.3. The van der Waals surface area contributed by atoms with Crippen molar-refractivity contribution in [3.63, 3.8) is 0 Å². The molecule has 1 fully saturated rings. The van der Waals surface area contributed by atoms with Crippen molar-refractivity contribution in [2.75, 3.05) is 26.2 Å². The molecule has 0 aliphatic carbocycles. The van der Waals surface area contributed by atoms with Crippen LogP contribution in [0.2, 0.25) is 0 Å². The fourth-order valence-corrected chi connectivity index (χ4v) is 5.31. The third-order valence-electron chi connectivity index (χ3n) is 7.24. The van der Waals surface area contributed by atoms with Gasteiger partial charge in [0.15, 0.2) is 0 Å². The number of H-pyrrole nitrogens is 2. The van der Waals surface area contributed by atoms with Gasteiger partial charge in [-0.15, -0.1) is 0 Å². The van der Waals surface area contributed by atoms with Crippen molar-refractivity contribution in [3.05, 3.63) is 79.5 Å². The van der Waals surface area contributed by atoms with Crippen LogP contribution in [0.5, 0.6) is 5.75 Å². The van der Waals surface area contributed by atoms with Crippen LogP contribution >= 0.6 is 0 Å². The van der Waals surface area contributed by atoms with Gasteiger partial charge in [-0.1, -0.05) is 18.2 Å². The number of hydrogen-bond donors (Lipinski definition) is 2. The number of aromatic nitrogens is 4. The van der Waals surface area contributed by atoms with Crippen LogP contribution < -0.4 is 4.74 Å². The number of nitrogens with one attached hydrogen (secondary N) is 2. The molecule has 0 amide bonds. The minimum Gasteiger partial charge on any atom is -0.491 e. The highest BCUT2D eigenvalue weighted by Gasteiger charge is 2.15. The van der Waals surface area contributed by atoms with E-state index in [0.29, 0.717) is 6.61 Å². The number of benzene rings is 2. The molecule has 0 unspecified atom stereocenters. The summed E-state index contributed by atoms with van der Waals surface area (Å²) >= 11 is 0. The van der Waals surface area contributed by atoms with Gasteiger partial charge in [0, 0.05) is 40.2 Å². The zero-order chi connectivity index (χ0) is 24.6. The lowest BCUT2D eigenvalue weighted by atomic mass is 10.0. The van der Waals surface area contributed by atoms with Crippen molar-refractivity contribution >= 4 is 21.8 Å². The summed E-state index contributed by atoms with van der Waals surface area (Å²) in [4.78, 5) is 10.5. The van der Waals surface area contributed by atoms with Gasteiger partial charge in [0.1, 0.15) is 18.1 Å². The van der Waals surface area contributed by atoms with Crippen LogP contribution in [-0.4, -0.2) is 51.3 Å². The van der Waals surface area contributed by atoms with Crippen LogP contribution in [0.25, 0.3) is 55.4 Å². The lowest BCUT2D eigenvalue weighted by Gasteiger charge is -2.15. The van der Waals surface area contributed by atoms with Crippen LogP contribution in [-0.2, 0) is 0 Å². The van der Waals surface area contributed by atoms with Crippen molar-refractivity contribution in [1.29, 1.82) is 0 Å². The zero-order valence-electron chi connectivity index (χ0n) is 20.4. The van der Waals surface area contributed by atoms with E-state index in [4.69, 9.17) is 9.15 Å². The van der Waals surface area contributed by atoms with E-state index in [1.807, 2.05) is 12.3 Å². The molecule has 184 valence electrons. The highest BCUT2D eigenvalue weighted by molar-refractivity contribution is 6.01. The Kier molecular flexibility index (Phi) is 5.48. The maximum Gasteiger partial charge on any atom is 0.138 e. The van der Waals surface area contributed by atoms with Crippen molar-refractivity contribution in [2.24, 2.45) is 0 Å². The lowest BCUT2D eigenvalue weighted by Crippen LogP contribution is -2.25. The second-order valence-corrected chi connectivity index (χ2v) is 9.60. The molecule has 5 heterocycles. The Hall–Kier alpha value is -4.36. The second kappa shape index (κ2) is 9.26. The third-order valence-corrected chi connectivity index (χ3v) is 7.24. The van der Waals surface area contributed by atoms with Gasteiger partial charge in [0.25, 0.3) is 0 Å². The molecule has 7 nitrogen and oxygen atoms in total. The van der Waals surface area contributed by atoms with Gasteiger partial charge in [0.2, 0.25) is 0 Å². The first kappa shape index (κ1) is 21.9. The Morgan fingerprint density at radius 1 is 0.892 bits per heavy atom. The number of pyridine rings is 1. The Balaban J connectivity index is 1.20. The van der Waals surface area contributed by atoms with Crippen LogP contribution in [0.15, 0.2) is 83.9 Å². The largest absolute Gasteiger partial charge is 0.491 e. The number of likely N-dealkylation sites (tertiary alicyclic amines) is 1. The molecule has 0 bridgehead atoms. The summed E-state index contributed by atoms with van der Waals surface area (Å²) in [5, 5.41) is 10.0. The molecule has 0 spiro atoms. The molecule has 6 aromatic rings. The zero-order valence-corrected chi connectivity index (χ0v) is 20.4. The molecule has 37 heavy (non-hydrogen) atoms. The fourth-order valence-electron chi connectivity index (χ4n) is 5.31. The summed E-state index contributed by atoms with van der Waals surface area (Å²) < 4.78 is 11.4. The number of ether oxygens (including phenoxy) is 1. The number of hydrogen-bond acceptors (Lipinski definition) is 5. The summed E-state index contributed by atoms with van der Waals surface area (Å²) in [6, 6.07) is 18.8. The topological polar surface area (TPSA) is 83.0 Å². The van der Waals surface area contributed by atoms with E-state index in [1.54, 1.807) is 18.7 Å². The molecule has 2 aromatic carbocycles. The van der Waals surface area contributed by atoms with Gasteiger partial charge in [0.05, 0.1) is 29.9 Å². The molecule has 0 saturated carbocycles. The molecule has 0 radical (unpaired) electrons. The highest BCUT2D eigenvalue weighted by atomic mass is 16.5. The molecule has 2 N–H and O–H groups in total. The number of fused-ring (bicyclic) bond motifs is 2. The predicted octanol–water partition coefficient (Wildman–Crippen LogP) is 6.51. The third kappa shape index (κ3) is 4.17. The molecular weight excluding hydrogens is 462 g/mol. The summed E-state index contributed by atoms with van der Waals surface area (Å²) in [6.07, 6.45) is 9.73. The van der Waals surface area contributed by atoms with E-state index in [-0.39, 0.29) is 0 Å². The summed E-state index contributed by atoms with van der Waals surface area (Å²) in [5.74, 6) is 0.798. The van der Waals surface area contributed by atoms with Crippen LogP contribution in [0.1, 0.15) is 12.8 Å². The monoisotopic (exact) mass is 489 g/mol. The normalized spacial score (nSPS) is 14.2. The minimum atomic E-state index is 0.678. The van der Waals surface area contributed by atoms with Crippen molar-refractivity contribution in [1.82, 2.24) is 25.1 Å². The van der Waals surface area contributed by atoms with Gasteiger partial charge in [-0.2, -0.15) is 5.10 Å². The standard InChI is InChI=1S/C30H27N5O2/c1-2-10-35(9-1)11-13-37-23-14-22(17-31-18-23)20-6-7-28-26(15-20)30(34-33-28)29-16-25-24(21-8-12-36-19-21)4-3-5-27(25)32-29/h3-8,12,14-19,32H,1-2,9-11,13H2,(H,33,34). The van der Waals surface area contributed by atoms with Gasteiger partial charge in [-0.05, 0) is 73.5 Å². The summed E-state index contributed by atoms with van der Waals surface area (Å²) in [7, 11) is 0. The average Bonchev–Trinajstić information content (AvgIpc) is 3.74. The quantitative estimate of drug-likeness (QED) is 0.267. The molecule has 0 atom stereocenters. The van der Waals surface area contributed by atoms with Crippen LogP contribution in [0.3, 0.4) is 0 Å². The second-order valence-electron chi connectivity index (χ2n) is 9.60. The van der Waals surface area contributed by atoms with E-state index in [9.17, 15) is 0 Å². The van der Waals surface area contributed by atoms with Gasteiger partial charge in [-0.3, -0.25) is 15.0 Å². The first-order valence-electron chi connectivity index (χ1n) is 12.8. The highest BCUT2D eigenvalue weighted by Crippen LogP contribution is 2.35. The van der Waals surface area contributed by atoms with Crippen molar-refractivity contribution in [3.8, 4) is 39.4 Å². The Labute approximate surface area is 214 Å². The summed E-state index contributed by atoms with van der Waals surface area (Å²) in [5.41, 5.74) is 8.17. The molecule has 7 rings (SSSR count). The fraction of sp³-hybridized carbons (Fsp3) is 0.200. The smallest absolute Gasteiger partial charge is 0.138 e. The molecule has 1 aliphatic heterocycles. The van der Waals surface area contributed by atoms with E-state index in [0.717, 1.165) is 67.7 Å². The van der Waals surface area contributed by atoms with Gasteiger partial charge in [-0.25, -0.2) is 0 Å². The Bertz CT molecular complexity index is 1680. The molecular formula is C30H27N5O2.